The van der Waals surface area contributed by atoms with E-state index in [4.69, 9.17) is 19.9 Å². The Morgan fingerprint density at radius 1 is 1.05 bits per heavy atom. The molecule has 1 aliphatic carbocycles. The van der Waals surface area contributed by atoms with Crippen LogP contribution >= 0.6 is 0 Å². The molecule has 1 saturated carbocycles. The smallest absolute Gasteiger partial charge is 0.329 e. The second-order valence-corrected chi connectivity index (χ2v) is 10.8. The van der Waals surface area contributed by atoms with Crippen molar-refractivity contribution in [2.75, 3.05) is 51.5 Å². The molecule has 0 spiro atoms. The average Bonchev–Trinajstić information content (AvgIpc) is 2.95. The van der Waals surface area contributed by atoms with E-state index in [1.807, 2.05) is 42.2 Å². The lowest BCUT2D eigenvalue weighted by molar-refractivity contribution is -0.123. The first-order chi connectivity index (χ1) is 18.9. The van der Waals surface area contributed by atoms with Gasteiger partial charge in [0, 0.05) is 43.2 Å². The minimum Gasteiger partial charge on any atom is -0.496 e. The predicted octanol–water partition coefficient (Wildman–Crippen LogP) is 4.14. The van der Waals surface area contributed by atoms with Crippen molar-refractivity contribution in [1.82, 2.24) is 9.80 Å². The molecule has 2 fully saturated rings. The molecule has 9 heteroatoms. The Hall–Kier alpha value is -3.30. The van der Waals surface area contributed by atoms with Crippen molar-refractivity contribution in [3.8, 4) is 11.5 Å². The number of hydrogen-bond donors (Lipinski definition) is 1. The van der Waals surface area contributed by atoms with Gasteiger partial charge in [0.15, 0.2) is 0 Å². The normalized spacial score (nSPS) is 22.0. The number of morpholine rings is 1. The summed E-state index contributed by atoms with van der Waals surface area (Å²) in [5.74, 6) is 1.22. The third-order valence-electron chi connectivity index (χ3n) is 8.49. The van der Waals surface area contributed by atoms with Gasteiger partial charge in [-0.1, -0.05) is 6.07 Å². The third kappa shape index (κ3) is 5.70. The third-order valence-corrected chi connectivity index (χ3v) is 8.49. The molecule has 0 bridgehead atoms. The highest BCUT2D eigenvalue weighted by Gasteiger charge is 2.39. The predicted molar refractivity (Wildman–Crippen MR) is 150 cm³/mol. The first kappa shape index (κ1) is 27.3. The van der Waals surface area contributed by atoms with E-state index >= 15 is 0 Å². The fourth-order valence-electron chi connectivity index (χ4n) is 6.02. The van der Waals surface area contributed by atoms with E-state index in [0.717, 1.165) is 85.3 Å². The Labute approximate surface area is 230 Å². The summed E-state index contributed by atoms with van der Waals surface area (Å²) in [5.41, 5.74) is 10.3. The van der Waals surface area contributed by atoms with Gasteiger partial charge in [-0.15, -0.1) is 0 Å². The minimum atomic E-state index is -0.244. The average molecular weight is 537 g/mol. The molecule has 2 heterocycles. The number of carbonyl (C=O) groups is 2. The highest BCUT2D eigenvalue weighted by atomic mass is 16.5. The van der Waals surface area contributed by atoms with Crippen molar-refractivity contribution in [3.05, 3.63) is 47.0 Å². The first-order valence-corrected chi connectivity index (χ1v) is 14.0. The van der Waals surface area contributed by atoms with Gasteiger partial charge in [0.05, 0.1) is 38.2 Å². The van der Waals surface area contributed by atoms with Crippen LogP contribution < -0.4 is 20.1 Å². The maximum absolute atomic E-state index is 14.1. The van der Waals surface area contributed by atoms with Crippen LogP contribution in [0.15, 0.2) is 30.3 Å². The molecule has 2 aromatic carbocycles. The van der Waals surface area contributed by atoms with E-state index in [0.29, 0.717) is 26.0 Å². The van der Waals surface area contributed by atoms with Crippen LogP contribution in [-0.4, -0.2) is 74.3 Å². The molecular formula is C30H40N4O5. The Morgan fingerprint density at radius 3 is 2.49 bits per heavy atom. The topological polar surface area (TPSA) is 97.6 Å². The Bertz CT molecular complexity index is 1200. The molecule has 3 aliphatic rings. The zero-order valence-electron chi connectivity index (χ0n) is 23.3. The van der Waals surface area contributed by atoms with Crippen molar-refractivity contribution in [3.63, 3.8) is 0 Å². The van der Waals surface area contributed by atoms with Gasteiger partial charge >= 0.3 is 6.03 Å². The van der Waals surface area contributed by atoms with Crippen molar-refractivity contribution in [2.24, 2.45) is 11.7 Å². The second kappa shape index (κ2) is 11.8. The Balaban J connectivity index is 1.44. The number of ether oxygens (including phenoxy) is 3. The van der Waals surface area contributed by atoms with E-state index in [2.05, 4.69) is 11.8 Å². The van der Waals surface area contributed by atoms with Gasteiger partial charge in [-0.05, 0) is 68.9 Å². The van der Waals surface area contributed by atoms with E-state index < -0.39 is 0 Å². The molecule has 1 saturated heterocycles. The van der Waals surface area contributed by atoms with Gasteiger partial charge in [-0.25, -0.2) is 4.79 Å². The van der Waals surface area contributed by atoms with E-state index in [-0.39, 0.29) is 23.9 Å². The van der Waals surface area contributed by atoms with Crippen LogP contribution in [0.2, 0.25) is 0 Å². The molecule has 2 aliphatic heterocycles. The van der Waals surface area contributed by atoms with Crippen LogP contribution in [0.4, 0.5) is 16.2 Å². The van der Waals surface area contributed by atoms with Gasteiger partial charge in [0.2, 0.25) is 5.91 Å². The fraction of sp³-hybridized carbons (Fsp3) is 0.533. The number of nitrogens with zero attached hydrogens (tertiary/aromatic N) is 3. The molecule has 0 aromatic heterocycles. The van der Waals surface area contributed by atoms with Crippen molar-refractivity contribution < 1.29 is 23.8 Å². The number of carbonyl (C=O) groups excluding carboxylic acids is 2. The standard InChI is InChI=1S/C30H40N4O5/c1-20-4-7-24(18-28(20)37-3)34-26-10-11-27(39-17-14-32-12-15-38-16-13-32)21(2)25(26)19-33(30(34)36)23-8-5-22(6-9-23)29(31)35/h4,7,10-11,18,22-23H,5-6,8-9,12-17,19H2,1-3H3,(H2,31,35). The molecule has 3 amide bonds. The maximum atomic E-state index is 14.1. The van der Waals surface area contributed by atoms with E-state index in [1.165, 1.54) is 0 Å². The van der Waals surface area contributed by atoms with Gasteiger partial charge < -0.3 is 24.8 Å². The quantitative estimate of drug-likeness (QED) is 0.545. The van der Waals surface area contributed by atoms with Crippen molar-refractivity contribution in [1.29, 1.82) is 0 Å². The number of urea groups is 1. The summed E-state index contributed by atoms with van der Waals surface area (Å²) in [4.78, 5) is 32.0. The molecule has 2 aromatic rings. The number of anilines is 2. The van der Waals surface area contributed by atoms with Crippen LogP contribution in [0.25, 0.3) is 0 Å². The Morgan fingerprint density at radius 2 is 1.79 bits per heavy atom. The first-order valence-electron chi connectivity index (χ1n) is 14.0. The summed E-state index contributed by atoms with van der Waals surface area (Å²) in [7, 11) is 1.65. The number of nitrogens with two attached hydrogens (primary N) is 1. The van der Waals surface area contributed by atoms with Gasteiger partial charge in [0.25, 0.3) is 0 Å². The molecule has 0 atom stereocenters. The number of hydrogen-bond acceptors (Lipinski definition) is 6. The molecule has 0 radical (unpaired) electrons. The molecule has 9 nitrogen and oxygen atoms in total. The van der Waals surface area contributed by atoms with Crippen LogP contribution in [0.5, 0.6) is 11.5 Å². The number of fused-ring (bicyclic) bond motifs is 1. The summed E-state index contributed by atoms with van der Waals surface area (Å²) < 4.78 is 17.3. The number of methoxy groups -OCH3 is 1. The molecule has 210 valence electrons. The summed E-state index contributed by atoms with van der Waals surface area (Å²) in [6.07, 6.45) is 2.93. The van der Waals surface area contributed by atoms with Crippen LogP contribution in [0.1, 0.15) is 42.4 Å². The monoisotopic (exact) mass is 536 g/mol. The molecule has 2 N–H and O–H groups in total. The maximum Gasteiger partial charge on any atom is 0.329 e. The highest BCUT2D eigenvalue weighted by molar-refractivity contribution is 6.02. The van der Waals surface area contributed by atoms with Crippen LogP contribution in [0, 0.1) is 19.8 Å². The minimum absolute atomic E-state index is 0.0430. The van der Waals surface area contributed by atoms with Crippen molar-refractivity contribution in [2.45, 2.75) is 52.1 Å². The molecule has 39 heavy (non-hydrogen) atoms. The number of aryl methyl sites for hydroxylation is 1. The lowest BCUT2D eigenvalue weighted by atomic mass is 9.84. The van der Waals surface area contributed by atoms with Crippen LogP contribution in [0.3, 0.4) is 0 Å². The number of benzene rings is 2. The second-order valence-electron chi connectivity index (χ2n) is 10.8. The van der Waals surface area contributed by atoms with Gasteiger partial charge in [-0.3, -0.25) is 14.6 Å². The number of primary amides is 1. The number of amides is 3. The van der Waals surface area contributed by atoms with Crippen LogP contribution in [-0.2, 0) is 16.1 Å². The fourth-order valence-corrected chi connectivity index (χ4v) is 6.02. The zero-order valence-corrected chi connectivity index (χ0v) is 23.3. The lowest BCUT2D eigenvalue weighted by Crippen LogP contribution is -2.51. The summed E-state index contributed by atoms with van der Waals surface area (Å²) >= 11 is 0. The molecular weight excluding hydrogens is 496 g/mol. The molecule has 5 rings (SSSR count). The SMILES string of the molecule is COc1cc(N2C(=O)N(C3CCC(C(N)=O)CC3)Cc3c2ccc(OCCN2CCOCC2)c3C)ccc1C. The Kier molecular flexibility index (Phi) is 8.28. The lowest BCUT2D eigenvalue weighted by Gasteiger charge is -2.43. The molecule has 0 unspecified atom stereocenters. The summed E-state index contributed by atoms with van der Waals surface area (Å²) in [5, 5.41) is 0. The van der Waals surface area contributed by atoms with E-state index in [9.17, 15) is 9.59 Å². The summed E-state index contributed by atoms with van der Waals surface area (Å²) in [6.45, 7) is 9.41. The highest BCUT2D eigenvalue weighted by Crippen LogP contribution is 2.43. The van der Waals surface area contributed by atoms with Gasteiger partial charge in [-0.2, -0.15) is 0 Å². The van der Waals surface area contributed by atoms with E-state index in [1.54, 1.807) is 12.0 Å². The zero-order chi connectivity index (χ0) is 27.5. The summed E-state index contributed by atoms with van der Waals surface area (Å²) in [6, 6.07) is 9.83. The number of rotatable bonds is 8. The largest absolute Gasteiger partial charge is 0.496 e. The van der Waals surface area contributed by atoms with Gasteiger partial charge in [0.1, 0.15) is 18.1 Å². The van der Waals surface area contributed by atoms with Crippen molar-refractivity contribution >= 4 is 23.3 Å².